The monoisotopic (exact) mass is 409 g/mol. The molecule has 2 aromatic carbocycles. The van der Waals surface area contributed by atoms with Crippen LogP contribution in [0.15, 0.2) is 37.4 Å². The molecule has 0 radical (unpaired) electrons. The maximum Gasteiger partial charge on any atom is 0.252 e. The second-order valence-corrected chi connectivity index (χ2v) is 9.18. The van der Waals surface area contributed by atoms with Crippen LogP contribution in [0.5, 0.6) is 0 Å². The molecular weight excluding hydrogens is 386 g/mol. The maximum absolute atomic E-state index is 13.1. The Bertz CT molecular complexity index is 1540. The summed E-state index contributed by atoms with van der Waals surface area (Å²) in [5, 5.41) is 6.32. The predicted octanol–water partition coefficient (Wildman–Crippen LogP) is 5.52. The van der Waals surface area contributed by atoms with Crippen LogP contribution in [0.1, 0.15) is 53.7 Å². The number of carbonyl (C=O) groups excluding carboxylic acids is 1. The standard InChI is InChI=1S/C26H23N3O2/c1-5-14-17(6-2)29-24-20(14)16-12-27-25(30)22(16)21-15-9-7-8-10-18(15)28(23(21)24)19-11-13(3)26(29,4)31-19/h5-10,13,19H,1-2,11-12H2,3-4H3,(H,27,30). The third-order valence-corrected chi connectivity index (χ3v) is 7.86. The molecule has 31 heavy (non-hydrogen) atoms. The number of aromatic nitrogens is 2. The zero-order chi connectivity index (χ0) is 21.2. The number of rotatable bonds is 2. The van der Waals surface area contributed by atoms with Gasteiger partial charge < -0.3 is 19.2 Å². The van der Waals surface area contributed by atoms with E-state index >= 15 is 0 Å². The molecule has 5 nitrogen and oxygen atoms in total. The average Bonchev–Trinajstić information content (AvgIpc) is 3.46. The van der Waals surface area contributed by atoms with Gasteiger partial charge in [-0.25, -0.2) is 0 Å². The Kier molecular flexibility index (Phi) is 2.97. The van der Waals surface area contributed by atoms with E-state index in [0.717, 1.165) is 61.5 Å². The van der Waals surface area contributed by atoms with Gasteiger partial charge in [0, 0.05) is 34.2 Å². The van der Waals surface area contributed by atoms with Gasteiger partial charge in [-0.2, -0.15) is 0 Å². The zero-order valence-corrected chi connectivity index (χ0v) is 17.7. The topological polar surface area (TPSA) is 48.2 Å². The van der Waals surface area contributed by atoms with Crippen molar-refractivity contribution in [3.05, 3.63) is 59.8 Å². The van der Waals surface area contributed by atoms with E-state index in [1.54, 1.807) is 0 Å². The molecule has 154 valence electrons. The van der Waals surface area contributed by atoms with Crippen molar-refractivity contribution in [2.75, 3.05) is 0 Å². The van der Waals surface area contributed by atoms with E-state index in [9.17, 15) is 4.79 Å². The molecular formula is C26H23N3O2. The first-order chi connectivity index (χ1) is 15.0. The van der Waals surface area contributed by atoms with E-state index < -0.39 is 5.72 Å². The molecule has 2 aromatic heterocycles. The number of benzene rings is 2. The number of nitrogens with one attached hydrogen (secondary N) is 1. The van der Waals surface area contributed by atoms with Crippen molar-refractivity contribution in [3.63, 3.8) is 0 Å². The average molecular weight is 409 g/mol. The normalized spacial score (nSPS) is 26.1. The second-order valence-electron chi connectivity index (χ2n) is 9.18. The first-order valence-corrected chi connectivity index (χ1v) is 10.9. The van der Waals surface area contributed by atoms with E-state index in [0.29, 0.717) is 12.5 Å². The number of hydrogen-bond donors (Lipinski definition) is 1. The highest BCUT2D eigenvalue weighted by Gasteiger charge is 2.50. The molecule has 0 spiro atoms. The van der Waals surface area contributed by atoms with Crippen molar-refractivity contribution < 1.29 is 9.53 Å². The van der Waals surface area contributed by atoms with Gasteiger partial charge in [-0.15, -0.1) is 0 Å². The van der Waals surface area contributed by atoms with Crippen LogP contribution in [-0.2, 0) is 17.0 Å². The zero-order valence-electron chi connectivity index (χ0n) is 17.7. The third kappa shape index (κ3) is 1.70. The van der Waals surface area contributed by atoms with E-state index in [2.05, 4.69) is 59.7 Å². The molecule has 1 saturated heterocycles. The SMILES string of the molecule is C=Cc1c(C=C)n2c3c1c1c(c4c5ccccc5n(c43)C3CC(C)C2(C)O3)C(=O)NC1. The van der Waals surface area contributed by atoms with Crippen LogP contribution in [0.3, 0.4) is 0 Å². The molecule has 3 unspecified atom stereocenters. The number of para-hydroxylation sites is 1. The Morgan fingerprint density at radius 2 is 2.00 bits per heavy atom. The number of nitrogens with zero attached hydrogens (tertiary/aromatic N) is 2. The van der Waals surface area contributed by atoms with Gasteiger partial charge in [-0.1, -0.05) is 44.4 Å². The van der Waals surface area contributed by atoms with Crippen molar-refractivity contribution in [1.29, 1.82) is 0 Å². The van der Waals surface area contributed by atoms with Crippen molar-refractivity contribution in [3.8, 4) is 0 Å². The summed E-state index contributed by atoms with van der Waals surface area (Å²) in [6.45, 7) is 13.3. The van der Waals surface area contributed by atoms with Crippen LogP contribution in [0.2, 0.25) is 0 Å². The van der Waals surface area contributed by atoms with E-state index in [1.165, 1.54) is 0 Å². The van der Waals surface area contributed by atoms with Crippen LogP contribution in [-0.4, -0.2) is 15.0 Å². The fourth-order valence-corrected chi connectivity index (χ4v) is 6.41. The van der Waals surface area contributed by atoms with Gasteiger partial charge in [0.1, 0.15) is 12.0 Å². The fourth-order valence-electron chi connectivity index (χ4n) is 6.41. The summed E-state index contributed by atoms with van der Waals surface area (Å²) in [7, 11) is 0. The van der Waals surface area contributed by atoms with Crippen molar-refractivity contribution >= 4 is 50.8 Å². The van der Waals surface area contributed by atoms with Crippen LogP contribution < -0.4 is 5.32 Å². The van der Waals surface area contributed by atoms with Gasteiger partial charge in [0.25, 0.3) is 5.91 Å². The lowest BCUT2D eigenvalue weighted by atomic mass is 9.94. The summed E-state index contributed by atoms with van der Waals surface area (Å²) in [6.07, 6.45) is 4.64. The minimum atomic E-state index is -0.509. The summed E-state index contributed by atoms with van der Waals surface area (Å²) >= 11 is 0. The number of fused-ring (bicyclic) bond motifs is 10. The molecule has 0 aliphatic carbocycles. The van der Waals surface area contributed by atoms with E-state index in [1.807, 2.05) is 18.2 Å². The Hall–Kier alpha value is -3.31. The van der Waals surface area contributed by atoms with Crippen LogP contribution >= 0.6 is 0 Å². The highest BCUT2D eigenvalue weighted by atomic mass is 16.5. The fraction of sp³-hybridized carbons (Fsp3) is 0.269. The molecule has 4 aromatic rings. The van der Waals surface area contributed by atoms with Gasteiger partial charge in [0.05, 0.1) is 27.8 Å². The summed E-state index contributed by atoms with van der Waals surface area (Å²) in [5.41, 5.74) is 6.71. The van der Waals surface area contributed by atoms with Gasteiger partial charge in [0.2, 0.25) is 0 Å². The molecule has 1 N–H and O–H groups in total. The van der Waals surface area contributed by atoms with Crippen LogP contribution in [0, 0.1) is 5.92 Å². The molecule has 1 fully saturated rings. The summed E-state index contributed by atoms with van der Waals surface area (Å²) in [5.74, 6) is 0.305. The van der Waals surface area contributed by atoms with E-state index in [4.69, 9.17) is 4.74 Å². The number of amides is 1. The van der Waals surface area contributed by atoms with Crippen LogP contribution in [0.4, 0.5) is 0 Å². The Morgan fingerprint density at radius 3 is 2.77 bits per heavy atom. The molecule has 1 amide bonds. The Balaban J connectivity index is 1.91. The summed E-state index contributed by atoms with van der Waals surface area (Å²) in [6, 6.07) is 8.38. The molecule has 7 rings (SSSR count). The second kappa shape index (κ2) is 5.29. The van der Waals surface area contributed by atoms with Gasteiger partial charge in [0.15, 0.2) is 0 Å². The lowest BCUT2D eigenvalue weighted by Gasteiger charge is -2.32. The van der Waals surface area contributed by atoms with Crippen LogP contribution in [0.25, 0.3) is 44.9 Å². The minimum Gasteiger partial charge on any atom is -0.348 e. The molecule has 0 saturated carbocycles. The van der Waals surface area contributed by atoms with Crippen molar-refractivity contribution in [1.82, 2.24) is 14.5 Å². The lowest BCUT2D eigenvalue weighted by molar-refractivity contribution is -0.117. The first kappa shape index (κ1) is 17.4. The maximum atomic E-state index is 13.1. The van der Waals surface area contributed by atoms with Crippen molar-refractivity contribution in [2.24, 2.45) is 5.92 Å². The number of carbonyl (C=O) groups is 1. The number of hydrogen-bond acceptors (Lipinski definition) is 2. The lowest BCUT2D eigenvalue weighted by Crippen LogP contribution is -2.35. The minimum absolute atomic E-state index is 0.00220. The third-order valence-electron chi connectivity index (χ3n) is 7.86. The van der Waals surface area contributed by atoms with E-state index in [-0.39, 0.29) is 12.1 Å². The predicted molar refractivity (Wildman–Crippen MR) is 124 cm³/mol. The molecule has 2 bridgehead atoms. The highest BCUT2D eigenvalue weighted by molar-refractivity contribution is 6.28. The molecule has 3 aliphatic rings. The molecule has 5 heterocycles. The highest BCUT2D eigenvalue weighted by Crippen LogP contribution is 2.55. The van der Waals surface area contributed by atoms with Crippen molar-refractivity contribution in [2.45, 2.75) is 38.8 Å². The van der Waals surface area contributed by atoms with Gasteiger partial charge in [-0.05, 0) is 31.1 Å². The summed E-state index contributed by atoms with van der Waals surface area (Å²) in [4.78, 5) is 13.1. The number of ether oxygens (including phenoxy) is 1. The van der Waals surface area contributed by atoms with Gasteiger partial charge in [-0.3, -0.25) is 4.79 Å². The Labute approximate surface area is 179 Å². The molecule has 3 aliphatic heterocycles. The molecule has 5 heteroatoms. The largest absolute Gasteiger partial charge is 0.348 e. The molecule has 3 atom stereocenters. The quantitative estimate of drug-likeness (QED) is 0.474. The smallest absolute Gasteiger partial charge is 0.252 e. The Morgan fingerprint density at radius 1 is 1.19 bits per heavy atom. The first-order valence-electron chi connectivity index (χ1n) is 10.9. The van der Waals surface area contributed by atoms with Gasteiger partial charge >= 0.3 is 0 Å². The summed E-state index contributed by atoms with van der Waals surface area (Å²) < 4.78 is 11.5.